The van der Waals surface area contributed by atoms with Crippen LogP contribution in [0.25, 0.3) is 0 Å². The molecule has 2 aromatic carbocycles. The molecule has 2 aromatic rings. The van der Waals surface area contributed by atoms with Gasteiger partial charge in [-0.3, -0.25) is 0 Å². The SMILES string of the molecule is CN(CC(O)COc1ccccc1F)c1ccccc1. The molecule has 20 heavy (non-hydrogen) atoms. The third-order valence-corrected chi connectivity index (χ3v) is 2.95. The van der Waals surface area contributed by atoms with Gasteiger partial charge in [0.2, 0.25) is 0 Å². The van der Waals surface area contributed by atoms with Crippen LogP contribution in [-0.4, -0.2) is 31.4 Å². The lowest BCUT2D eigenvalue weighted by molar-refractivity contribution is 0.111. The molecule has 0 aliphatic rings. The van der Waals surface area contributed by atoms with Crippen molar-refractivity contribution in [1.29, 1.82) is 0 Å². The fourth-order valence-electron chi connectivity index (χ4n) is 1.90. The molecule has 0 amide bonds. The molecule has 1 unspecified atom stereocenters. The lowest BCUT2D eigenvalue weighted by atomic mass is 10.2. The average Bonchev–Trinajstić information content (AvgIpc) is 2.47. The summed E-state index contributed by atoms with van der Waals surface area (Å²) in [5.41, 5.74) is 1.01. The van der Waals surface area contributed by atoms with Gasteiger partial charge in [0.15, 0.2) is 11.6 Å². The van der Waals surface area contributed by atoms with Gasteiger partial charge in [-0.25, -0.2) is 4.39 Å². The van der Waals surface area contributed by atoms with E-state index in [9.17, 15) is 9.50 Å². The standard InChI is InChI=1S/C16H18FNO2/c1-18(13-7-3-2-4-8-13)11-14(19)12-20-16-10-6-5-9-15(16)17/h2-10,14,19H,11-12H2,1H3. The van der Waals surface area contributed by atoms with E-state index in [4.69, 9.17) is 4.74 Å². The Morgan fingerprint density at radius 1 is 1.10 bits per heavy atom. The summed E-state index contributed by atoms with van der Waals surface area (Å²) in [5.74, 6) is -0.259. The molecule has 0 aliphatic heterocycles. The fraction of sp³-hybridized carbons (Fsp3) is 0.250. The Bertz CT molecular complexity index is 533. The Kier molecular flexibility index (Phi) is 4.96. The van der Waals surface area contributed by atoms with Crippen LogP contribution in [-0.2, 0) is 0 Å². The molecule has 0 saturated heterocycles. The molecule has 3 nitrogen and oxygen atoms in total. The second-order valence-corrected chi connectivity index (χ2v) is 4.61. The number of aliphatic hydroxyl groups excluding tert-OH is 1. The summed E-state index contributed by atoms with van der Waals surface area (Å²) in [6, 6.07) is 15.9. The number of aliphatic hydroxyl groups is 1. The number of likely N-dealkylation sites (N-methyl/N-ethyl adjacent to an activating group) is 1. The van der Waals surface area contributed by atoms with E-state index in [1.807, 2.05) is 42.3 Å². The minimum Gasteiger partial charge on any atom is -0.488 e. The molecule has 0 heterocycles. The number of benzene rings is 2. The molecule has 106 valence electrons. The highest BCUT2D eigenvalue weighted by molar-refractivity contribution is 5.45. The van der Waals surface area contributed by atoms with Gasteiger partial charge in [0.1, 0.15) is 12.7 Å². The summed E-state index contributed by atoms with van der Waals surface area (Å²) in [5, 5.41) is 9.94. The number of ether oxygens (including phenoxy) is 1. The molecule has 1 atom stereocenters. The Hall–Kier alpha value is -2.07. The minimum absolute atomic E-state index is 0.0537. The number of rotatable bonds is 6. The van der Waals surface area contributed by atoms with Crippen molar-refractivity contribution in [2.75, 3.05) is 25.1 Å². The van der Waals surface area contributed by atoms with Crippen LogP contribution in [0.3, 0.4) is 0 Å². The van der Waals surface area contributed by atoms with E-state index in [0.717, 1.165) is 5.69 Å². The number of hydrogen-bond donors (Lipinski definition) is 1. The number of hydrogen-bond acceptors (Lipinski definition) is 3. The quantitative estimate of drug-likeness (QED) is 0.880. The summed E-state index contributed by atoms with van der Waals surface area (Å²) in [6.45, 7) is 0.469. The first-order valence-electron chi connectivity index (χ1n) is 6.48. The van der Waals surface area contributed by atoms with Gasteiger partial charge in [-0.1, -0.05) is 30.3 Å². The van der Waals surface area contributed by atoms with E-state index in [2.05, 4.69) is 0 Å². The van der Waals surface area contributed by atoms with Crippen LogP contribution in [0.2, 0.25) is 0 Å². The molecular formula is C16H18FNO2. The highest BCUT2D eigenvalue weighted by Gasteiger charge is 2.11. The first kappa shape index (κ1) is 14.3. The molecule has 0 aromatic heterocycles. The summed E-state index contributed by atoms with van der Waals surface area (Å²) in [4.78, 5) is 1.93. The van der Waals surface area contributed by atoms with Crippen molar-refractivity contribution in [3.8, 4) is 5.75 Å². The molecule has 0 spiro atoms. The van der Waals surface area contributed by atoms with Crippen molar-refractivity contribution in [3.05, 3.63) is 60.4 Å². The van der Waals surface area contributed by atoms with E-state index in [0.29, 0.717) is 6.54 Å². The maximum absolute atomic E-state index is 13.4. The number of nitrogens with zero attached hydrogens (tertiary/aromatic N) is 1. The third-order valence-electron chi connectivity index (χ3n) is 2.95. The zero-order valence-corrected chi connectivity index (χ0v) is 11.4. The maximum atomic E-state index is 13.4. The Morgan fingerprint density at radius 3 is 2.45 bits per heavy atom. The van der Waals surface area contributed by atoms with Crippen LogP contribution in [0.1, 0.15) is 0 Å². The van der Waals surface area contributed by atoms with Gasteiger partial charge in [-0.2, -0.15) is 0 Å². The first-order valence-corrected chi connectivity index (χ1v) is 6.48. The van der Waals surface area contributed by atoms with Crippen LogP contribution in [0.5, 0.6) is 5.75 Å². The van der Waals surface area contributed by atoms with Crippen molar-refractivity contribution in [3.63, 3.8) is 0 Å². The Labute approximate surface area is 118 Å². The van der Waals surface area contributed by atoms with Gasteiger partial charge in [-0.05, 0) is 24.3 Å². The topological polar surface area (TPSA) is 32.7 Å². The van der Waals surface area contributed by atoms with E-state index in [1.165, 1.54) is 6.07 Å². The lowest BCUT2D eigenvalue weighted by Gasteiger charge is -2.22. The molecule has 0 radical (unpaired) electrons. The van der Waals surface area contributed by atoms with Crippen molar-refractivity contribution in [2.24, 2.45) is 0 Å². The predicted octanol–water partition coefficient (Wildman–Crippen LogP) is 2.70. The van der Waals surface area contributed by atoms with Crippen molar-refractivity contribution in [2.45, 2.75) is 6.10 Å². The maximum Gasteiger partial charge on any atom is 0.165 e. The van der Waals surface area contributed by atoms with Gasteiger partial charge in [-0.15, -0.1) is 0 Å². The molecule has 0 bridgehead atoms. The zero-order chi connectivity index (χ0) is 14.4. The molecule has 0 fully saturated rings. The summed E-state index contributed by atoms with van der Waals surface area (Å²) < 4.78 is 18.6. The van der Waals surface area contributed by atoms with E-state index >= 15 is 0 Å². The number of para-hydroxylation sites is 2. The van der Waals surface area contributed by atoms with Gasteiger partial charge in [0, 0.05) is 19.3 Å². The van der Waals surface area contributed by atoms with Gasteiger partial charge in [0.05, 0.1) is 0 Å². The van der Waals surface area contributed by atoms with Crippen LogP contribution in [0.15, 0.2) is 54.6 Å². The van der Waals surface area contributed by atoms with Gasteiger partial charge >= 0.3 is 0 Å². The smallest absolute Gasteiger partial charge is 0.165 e. The second-order valence-electron chi connectivity index (χ2n) is 4.61. The minimum atomic E-state index is -0.695. The summed E-state index contributed by atoms with van der Waals surface area (Å²) >= 11 is 0. The number of anilines is 1. The fourth-order valence-corrected chi connectivity index (χ4v) is 1.90. The molecule has 0 saturated carbocycles. The largest absolute Gasteiger partial charge is 0.488 e. The molecule has 1 N–H and O–H groups in total. The molecule has 2 rings (SSSR count). The monoisotopic (exact) mass is 275 g/mol. The zero-order valence-electron chi connectivity index (χ0n) is 11.4. The lowest BCUT2D eigenvalue weighted by Crippen LogP contribution is -2.33. The Morgan fingerprint density at radius 2 is 1.75 bits per heavy atom. The van der Waals surface area contributed by atoms with Crippen LogP contribution >= 0.6 is 0 Å². The number of halogens is 1. The van der Waals surface area contributed by atoms with Crippen LogP contribution in [0, 0.1) is 5.82 Å². The van der Waals surface area contributed by atoms with E-state index in [1.54, 1.807) is 18.2 Å². The Balaban J connectivity index is 1.84. The molecule has 4 heteroatoms. The summed E-state index contributed by atoms with van der Waals surface area (Å²) in [6.07, 6.45) is -0.695. The highest BCUT2D eigenvalue weighted by Crippen LogP contribution is 2.16. The molecule has 0 aliphatic carbocycles. The van der Waals surface area contributed by atoms with Crippen molar-refractivity contribution < 1.29 is 14.2 Å². The third kappa shape index (κ3) is 3.96. The van der Waals surface area contributed by atoms with Crippen LogP contribution < -0.4 is 9.64 Å². The predicted molar refractivity (Wildman–Crippen MR) is 77.6 cm³/mol. The van der Waals surface area contributed by atoms with Crippen molar-refractivity contribution in [1.82, 2.24) is 0 Å². The average molecular weight is 275 g/mol. The van der Waals surface area contributed by atoms with Crippen molar-refractivity contribution >= 4 is 5.69 Å². The first-order chi connectivity index (χ1) is 9.66. The summed E-state index contributed by atoms with van der Waals surface area (Å²) in [7, 11) is 1.89. The highest BCUT2D eigenvalue weighted by atomic mass is 19.1. The van der Waals surface area contributed by atoms with Gasteiger partial charge in [0.25, 0.3) is 0 Å². The van der Waals surface area contributed by atoms with Crippen LogP contribution in [0.4, 0.5) is 10.1 Å². The second kappa shape index (κ2) is 6.91. The van der Waals surface area contributed by atoms with E-state index in [-0.39, 0.29) is 12.4 Å². The van der Waals surface area contributed by atoms with E-state index < -0.39 is 11.9 Å². The molecular weight excluding hydrogens is 257 g/mol. The van der Waals surface area contributed by atoms with Gasteiger partial charge < -0.3 is 14.7 Å². The normalized spacial score (nSPS) is 11.9.